The fraction of sp³-hybridized carbons (Fsp3) is 0.0847. The Morgan fingerprint density at radius 3 is 0.500 bits per heavy atom. The third-order valence-corrected chi connectivity index (χ3v) is 12.9. The summed E-state index contributed by atoms with van der Waals surface area (Å²) in [6, 6.07) is 3.78. The number of hydrogen-bond donors (Lipinski definition) is 1. The number of halogens is 43. The van der Waals surface area contributed by atoms with E-state index in [1.807, 2.05) is 6.92 Å². The Labute approximate surface area is 562 Å². The Hall–Kier alpha value is -10.1. The quantitative estimate of drug-likeness (QED) is 0.0515. The summed E-state index contributed by atoms with van der Waals surface area (Å²) >= 11 is -1.50. The van der Waals surface area contributed by atoms with Crippen LogP contribution in [0.1, 0.15) is 19.8 Å². The molecule has 0 radical (unpaired) electrons. The molecule has 9 rings (SSSR count). The van der Waals surface area contributed by atoms with Crippen LogP contribution in [0.3, 0.4) is 0 Å². The molecule has 0 aliphatic carbocycles. The van der Waals surface area contributed by atoms with E-state index in [0.717, 1.165) is 18.9 Å². The molecule has 47 heteroatoms. The monoisotopic (exact) mass is 1610 g/mol. The van der Waals surface area contributed by atoms with E-state index in [-0.39, 0.29) is 5.69 Å². The summed E-state index contributed by atoms with van der Waals surface area (Å²) in [4.78, 5) is 1.20. The van der Waals surface area contributed by atoms with Crippen LogP contribution in [0.25, 0.3) is 44.5 Å². The van der Waals surface area contributed by atoms with Crippen LogP contribution in [0.5, 0.6) is 0 Å². The van der Waals surface area contributed by atoms with Gasteiger partial charge < -0.3 is 4.90 Å². The molecule has 1 N–H and O–H groups in total. The molecular formula is C59H15AlF43NO2. The first-order chi connectivity index (χ1) is 49.0. The molecule has 106 heavy (non-hydrogen) atoms. The molecule has 0 atom stereocenters. The van der Waals surface area contributed by atoms with Crippen LogP contribution in [-0.4, -0.2) is 33.0 Å². The molecule has 0 bridgehead atoms. The van der Waals surface area contributed by atoms with Crippen LogP contribution in [0.2, 0.25) is 0 Å². The molecule has 9 aromatic rings. The third kappa shape index (κ3) is 16.5. The number of nitrogens with zero attached hydrogens (tertiary/aromatic N) is 1. The minimum absolute atomic E-state index is 0.00838. The second kappa shape index (κ2) is 35.3. The maximum absolute atomic E-state index is 13.4. The van der Waals surface area contributed by atoms with E-state index in [4.69, 9.17) is 7.96 Å². The molecule has 0 aliphatic heterocycles. The van der Waals surface area contributed by atoms with Crippen molar-refractivity contribution in [1.82, 2.24) is 0 Å². The Bertz CT molecular complexity index is 3910. The van der Waals surface area contributed by atoms with Gasteiger partial charge in [-0.1, -0.05) is 19.4 Å². The van der Waals surface area contributed by atoms with E-state index in [1.54, 1.807) is 0 Å². The van der Waals surface area contributed by atoms with E-state index >= 15 is 0 Å². The van der Waals surface area contributed by atoms with Crippen molar-refractivity contribution in [2.75, 3.05) is 18.2 Å². The summed E-state index contributed by atoms with van der Waals surface area (Å²) in [5, 5.41) is 0. The molecule has 3 nitrogen and oxygen atoms in total. The van der Waals surface area contributed by atoms with E-state index in [1.165, 1.54) is 17.0 Å². The van der Waals surface area contributed by atoms with Gasteiger partial charge in [-0.15, -0.1) is 0 Å². The van der Waals surface area contributed by atoms with Gasteiger partial charge in [0.25, 0.3) is 0 Å². The molecular weight excluding hydrogens is 1600 g/mol. The molecule has 0 aromatic heterocycles. The summed E-state index contributed by atoms with van der Waals surface area (Å²) in [7, 11) is 0. The molecule has 0 saturated heterocycles. The van der Waals surface area contributed by atoms with Crippen LogP contribution >= 0.6 is 0 Å². The topological polar surface area (TPSA) is 40.5 Å². The summed E-state index contributed by atoms with van der Waals surface area (Å²) in [5.74, 6) is -108. The second-order valence-corrected chi connectivity index (χ2v) is 19.2. The normalized spacial score (nSPS) is 10.8. The molecule has 0 fully saturated rings. The van der Waals surface area contributed by atoms with Gasteiger partial charge in [-0.25, -0.2) is 189 Å². The molecule has 0 spiro atoms. The zero-order chi connectivity index (χ0) is 81.7. The van der Waals surface area contributed by atoms with Crippen LogP contribution < -0.4 is 4.90 Å². The van der Waals surface area contributed by atoms with Crippen molar-refractivity contribution in [3.63, 3.8) is 0 Å². The number of alkyl halides is 1. The van der Waals surface area contributed by atoms with Crippen LogP contribution in [-0.2, 0) is 3.80 Å². The first-order valence-electron chi connectivity index (χ1n) is 26.0. The molecule has 0 amide bonds. The number of anilines is 1. The first kappa shape index (κ1) is 88.3. The van der Waals surface area contributed by atoms with Gasteiger partial charge in [-0.05, 0) is 18.6 Å². The Morgan fingerprint density at radius 2 is 0.377 bits per heavy atom. The van der Waals surface area contributed by atoms with Gasteiger partial charge >= 0.3 is 23.4 Å². The predicted molar refractivity (Wildman–Crippen MR) is 269 cm³/mol. The standard InChI is InChI=1S/4C12F10.C11H14F3N.Al.H2O.O/c4*13-3-1(4(14)8(18)11(21)7(3)17)2-5(15)9(19)12(22)10(20)6(2)16;1-2-3-7-15(8-12)10-6-4-5-9(13)11(10)14;;;/h;;;;4-6H,2-3,7-8H2,1H3;;1H2;/q;;;;;+1;;/p-1. The molecule has 572 valence electrons. The van der Waals surface area contributed by atoms with Gasteiger partial charge in [-0.2, -0.15) is 0 Å². The fourth-order valence-electron chi connectivity index (χ4n) is 7.93. The number of unbranched alkanes of at least 4 members (excludes halogenated alkanes) is 1. The average Bonchev–Trinajstić information content (AvgIpc) is 0.769. The van der Waals surface area contributed by atoms with Gasteiger partial charge in [0.2, 0.25) is 46.5 Å². The zero-order valence-electron chi connectivity index (χ0n) is 49.2. The van der Waals surface area contributed by atoms with E-state index in [0.29, 0.717) is 6.54 Å². The number of rotatable bonds is 9. The summed E-state index contributed by atoms with van der Waals surface area (Å²) in [5.41, 5.74) is -18.1. The minimum atomic E-state index is -2.68. The fourth-order valence-corrected chi connectivity index (χ4v) is 7.93. The van der Waals surface area contributed by atoms with Crippen molar-refractivity contribution in [1.29, 1.82) is 0 Å². The Kier molecular flexibility index (Phi) is 29.4. The zero-order valence-corrected chi connectivity index (χ0v) is 50.3. The van der Waals surface area contributed by atoms with Crippen LogP contribution in [0.4, 0.5) is 194 Å². The van der Waals surface area contributed by atoms with Crippen molar-refractivity contribution < 1.29 is 197 Å². The van der Waals surface area contributed by atoms with Gasteiger partial charge in [0.05, 0.1) is 50.2 Å². The molecule has 0 aliphatic rings. The molecule has 0 heterocycles. The van der Waals surface area contributed by atoms with Crippen molar-refractivity contribution in [3.8, 4) is 44.5 Å². The van der Waals surface area contributed by atoms with Crippen LogP contribution in [0, 0.1) is 244 Å². The summed E-state index contributed by atoms with van der Waals surface area (Å²) in [6.07, 6.45) is 1.63. The first-order valence-corrected chi connectivity index (χ1v) is 27.0. The third-order valence-electron chi connectivity index (χ3n) is 12.9. The molecule has 0 unspecified atom stereocenters. The van der Waals surface area contributed by atoms with Gasteiger partial charge in [0.1, 0.15) is 0 Å². The van der Waals surface area contributed by atoms with E-state index in [9.17, 15) is 189 Å². The Morgan fingerprint density at radius 1 is 0.245 bits per heavy atom. The second-order valence-electron chi connectivity index (χ2n) is 19.0. The van der Waals surface area contributed by atoms with Crippen molar-refractivity contribution in [2.45, 2.75) is 19.8 Å². The van der Waals surface area contributed by atoms with Crippen molar-refractivity contribution in [2.24, 2.45) is 0 Å². The summed E-state index contributed by atoms with van der Waals surface area (Å²) < 4.78 is 579. The van der Waals surface area contributed by atoms with E-state index < -0.39 is 311 Å². The van der Waals surface area contributed by atoms with E-state index in [2.05, 4.69) is 0 Å². The number of hydrogen-bond acceptors (Lipinski definition) is 2. The SMILES string of the molecule is CCCCN(CF)c1cccc(F)c1F.Fc1c(F)c(F)c(-c2c(F)c(F)c(F)c(F)c2F)c(F)c1F.Fc1c(F)c(F)c(-c2c(F)c(F)c(F)c(F)c2F)c(F)c1F.Fc1c(F)c(F)c(-c2c(F)c(F)c(F)c(F)c2F)c(F)c1F.Fc1c(F)c(F)c(-c2c(F)c(F)c(F)c(F)c2F)c(F)c1F.[O]=[Al][OH]. The van der Waals surface area contributed by atoms with Gasteiger partial charge in [0, 0.05) is 6.54 Å². The molecule has 0 saturated carbocycles. The van der Waals surface area contributed by atoms with Crippen LogP contribution in [0.15, 0.2) is 18.2 Å². The average molecular weight is 1610 g/mol. The van der Waals surface area contributed by atoms with Gasteiger partial charge in [-0.3, -0.25) is 0 Å². The van der Waals surface area contributed by atoms with Crippen molar-refractivity contribution in [3.05, 3.63) is 263 Å². The van der Waals surface area contributed by atoms with Gasteiger partial charge in [0.15, 0.2) is 205 Å². The predicted octanol–water partition coefficient (Wildman–Crippen LogP) is 21.4. The maximum atomic E-state index is 13.4. The number of benzene rings is 9. The Balaban J connectivity index is 0.000000279. The summed E-state index contributed by atoms with van der Waals surface area (Å²) in [6.45, 7) is 1.55. The van der Waals surface area contributed by atoms with Crippen molar-refractivity contribution >= 4 is 21.2 Å². The molecule has 9 aromatic carbocycles.